The van der Waals surface area contributed by atoms with Gasteiger partial charge in [0.15, 0.2) is 9.84 Å². The third kappa shape index (κ3) is 5.23. The fraction of sp³-hybridized carbons (Fsp3) is 0.778. The molecule has 2 aliphatic heterocycles. The van der Waals surface area contributed by atoms with Gasteiger partial charge in [0.1, 0.15) is 5.82 Å². The van der Waals surface area contributed by atoms with E-state index < -0.39 is 9.84 Å². The summed E-state index contributed by atoms with van der Waals surface area (Å²) in [4.78, 5) is 12.5. The zero-order valence-corrected chi connectivity index (χ0v) is 17.2. The van der Waals surface area contributed by atoms with E-state index in [1.165, 1.54) is 0 Å². The number of carbonyl (C=O) groups excluding carboxylic acids is 1. The second-order valence-corrected chi connectivity index (χ2v) is 10.2. The molecule has 0 radical (unpaired) electrons. The van der Waals surface area contributed by atoms with Gasteiger partial charge in [-0.2, -0.15) is 5.10 Å². The molecule has 1 aromatic rings. The first-order valence-corrected chi connectivity index (χ1v) is 11.6. The normalized spacial score (nSPS) is 25.1. The highest BCUT2D eigenvalue weighted by Gasteiger charge is 2.34. The molecule has 3 aliphatic rings. The zero-order valence-electron chi connectivity index (χ0n) is 15.5. The summed E-state index contributed by atoms with van der Waals surface area (Å²) in [5, 5.41) is 11.0. The first-order chi connectivity index (χ1) is 12.5. The van der Waals surface area contributed by atoms with Crippen molar-refractivity contribution >= 4 is 34.0 Å². The molecule has 3 fully saturated rings. The number of nitrogens with zero attached hydrogens (tertiary/aromatic N) is 2. The minimum Gasteiger partial charge on any atom is -0.317 e. The number of anilines is 1. The molecule has 9 heteroatoms. The third-order valence-corrected chi connectivity index (χ3v) is 7.56. The third-order valence-electron chi connectivity index (χ3n) is 5.81. The van der Waals surface area contributed by atoms with Crippen molar-refractivity contribution in [2.24, 2.45) is 5.92 Å². The summed E-state index contributed by atoms with van der Waals surface area (Å²) in [5.74, 6) is 2.10. The summed E-state index contributed by atoms with van der Waals surface area (Å²) in [7, 11) is -2.99. The lowest BCUT2D eigenvalue weighted by Gasteiger charge is -2.22. The monoisotopic (exact) mass is 416 g/mol. The molecular formula is C18H29ClN4O3S. The molecule has 1 unspecified atom stereocenters. The maximum atomic E-state index is 12.5. The van der Waals surface area contributed by atoms with Gasteiger partial charge in [0.2, 0.25) is 5.91 Å². The molecule has 0 aromatic carbocycles. The average molecular weight is 417 g/mol. The van der Waals surface area contributed by atoms with Crippen molar-refractivity contribution in [1.82, 2.24) is 15.1 Å². The maximum absolute atomic E-state index is 12.5. The Balaban J connectivity index is 0.00000210. The van der Waals surface area contributed by atoms with Crippen LogP contribution in [0.25, 0.3) is 0 Å². The predicted octanol–water partition coefficient (Wildman–Crippen LogP) is 2.26. The van der Waals surface area contributed by atoms with Gasteiger partial charge in [0, 0.05) is 18.4 Å². The van der Waals surface area contributed by atoms with Crippen LogP contribution in [0.3, 0.4) is 0 Å². The molecular weight excluding hydrogens is 388 g/mol. The summed E-state index contributed by atoms with van der Waals surface area (Å²) in [6.45, 7) is 2.08. The molecule has 152 valence electrons. The number of halogens is 1. The Bertz CT molecular complexity index is 770. The lowest BCUT2D eigenvalue weighted by Crippen LogP contribution is -2.28. The lowest BCUT2D eigenvalue weighted by molar-refractivity contribution is -0.116. The van der Waals surface area contributed by atoms with Crippen molar-refractivity contribution in [1.29, 1.82) is 0 Å². The molecule has 1 aliphatic carbocycles. The Morgan fingerprint density at radius 2 is 1.96 bits per heavy atom. The number of amides is 1. The predicted molar refractivity (Wildman–Crippen MR) is 107 cm³/mol. The van der Waals surface area contributed by atoms with Crippen LogP contribution < -0.4 is 10.6 Å². The smallest absolute Gasteiger partial charge is 0.225 e. The summed E-state index contributed by atoms with van der Waals surface area (Å²) in [6, 6.07) is 1.79. The van der Waals surface area contributed by atoms with E-state index in [9.17, 15) is 13.2 Å². The molecule has 2 saturated heterocycles. The molecule has 4 rings (SSSR count). The Kier molecular flexibility index (Phi) is 6.48. The standard InChI is InChI=1S/C18H28N4O3S.ClH/c23-18(4-1-13-5-8-19-9-6-13)20-17-11-16(14-2-3-14)21-22(17)15-7-10-26(24,25)12-15;/h11,13-15,19H,1-10,12H2,(H,20,23);1H. The second-order valence-electron chi connectivity index (χ2n) is 8.01. The van der Waals surface area contributed by atoms with Crippen LogP contribution >= 0.6 is 12.4 Å². The van der Waals surface area contributed by atoms with Crippen LogP contribution in [0.2, 0.25) is 0 Å². The fourth-order valence-corrected chi connectivity index (χ4v) is 5.73. The van der Waals surface area contributed by atoms with Crippen molar-refractivity contribution in [3.63, 3.8) is 0 Å². The minimum atomic E-state index is -2.99. The highest BCUT2D eigenvalue weighted by molar-refractivity contribution is 7.91. The quantitative estimate of drug-likeness (QED) is 0.741. The maximum Gasteiger partial charge on any atom is 0.225 e. The van der Waals surface area contributed by atoms with Gasteiger partial charge >= 0.3 is 0 Å². The van der Waals surface area contributed by atoms with E-state index in [1.54, 1.807) is 4.68 Å². The molecule has 27 heavy (non-hydrogen) atoms. The molecule has 1 amide bonds. The fourth-order valence-electron chi connectivity index (χ4n) is 4.04. The molecule has 3 heterocycles. The Morgan fingerprint density at radius 3 is 2.59 bits per heavy atom. The largest absolute Gasteiger partial charge is 0.317 e. The van der Waals surface area contributed by atoms with Gasteiger partial charge in [0.25, 0.3) is 0 Å². The molecule has 0 spiro atoms. The van der Waals surface area contributed by atoms with E-state index in [2.05, 4.69) is 15.7 Å². The number of hydrogen-bond donors (Lipinski definition) is 2. The number of hydrogen-bond acceptors (Lipinski definition) is 5. The highest BCUT2D eigenvalue weighted by Crippen LogP contribution is 2.41. The Labute approximate surface area is 167 Å². The van der Waals surface area contributed by atoms with E-state index in [1.807, 2.05) is 6.07 Å². The summed E-state index contributed by atoms with van der Waals surface area (Å²) in [5.41, 5.74) is 0.989. The molecule has 1 atom stereocenters. The van der Waals surface area contributed by atoms with E-state index >= 15 is 0 Å². The molecule has 2 N–H and O–H groups in total. The topological polar surface area (TPSA) is 93.1 Å². The van der Waals surface area contributed by atoms with E-state index in [-0.39, 0.29) is 35.9 Å². The summed E-state index contributed by atoms with van der Waals surface area (Å²) < 4.78 is 25.5. The number of sulfone groups is 1. The van der Waals surface area contributed by atoms with E-state index in [0.717, 1.165) is 50.9 Å². The van der Waals surface area contributed by atoms with Crippen molar-refractivity contribution in [2.45, 2.75) is 56.9 Å². The first kappa shape index (κ1) is 20.6. The average Bonchev–Trinajstić information content (AvgIpc) is 3.29. The van der Waals surface area contributed by atoms with Gasteiger partial charge in [-0.1, -0.05) is 0 Å². The van der Waals surface area contributed by atoms with E-state index in [0.29, 0.717) is 30.5 Å². The van der Waals surface area contributed by atoms with Crippen LogP contribution in [0.15, 0.2) is 6.07 Å². The SMILES string of the molecule is Cl.O=C(CCC1CCNCC1)Nc1cc(C2CC2)nn1C1CCS(=O)(=O)C1. The highest BCUT2D eigenvalue weighted by atomic mass is 35.5. The Hall–Kier alpha value is -1.12. The zero-order chi connectivity index (χ0) is 18.1. The number of rotatable bonds is 6. The lowest BCUT2D eigenvalue weighted by atomic mass is 9.93. The molecule has 1 aromatic heterocycles. The minimum absolute atomic E-state index is 0. The summed E-state index contributed by atoms with van der Waals surface area (Å²) in [6.07, 6.45) is 6.53. The van der Waals surface area contributed by atoms with Crippen LogP contribution in [0.5, 0.6) is 0 Å². The van der Waals surface area contributed by atoms with Crippen molar-refractivity contribution in [3.05, 3.63) is 11.8 Å². The van der Waals surface area contributed by atoms with Gasteiger partial charge in [-0.25, -0.2) is 13.1 Å². The van der Waals surface area contributed by atoms with E-state index in [4.69, 9.17) is 0 Å². The second kappa shape index (κ2) is 8.49. The number of nitrogens with one attached hydrogen (secondary N) is 2. The number of carbonyl (C=O) groups is 1. The van der Waals surface area contributed by atoms with Crippen LogP contribution in [0, 0.1) is 5.92 Å². The van der Waals surface area contributed by atoms with Gasteiger partial charge in [-0.15, -0.1) is 12.4 Å². The molecule has 0 bridgehead atoms. The van der Waals surface area contributed by atoms with Gasteiger partial charge in [-0.3, -0.25) is 4.79 Å². The Morgan fingerprint density at radius 1 is 1.22 bits per heavy atom. The number of piperidine rings is 1. The van der Waals surface area contributed by atoms with Crippen molar-refractivity contribution in [3.8, 4) is 0 Å². The van der Waals surface area contributed by atoms with Crippen molar-refractivity contribution < 1.29 is 13.2 Å². The van der Waals surface area contributed by atoms with Gasteiger partial charge in [-0.05, 0) is 57.5 Å². The number of aromatic nitrogens is 2. The van der Waals surface area contributed by atoms with Crippen LogP contribution in [0.4, 0.5) is 5.82 Å². The van der Waals surface area contributed by atoms with Crippen LogP contribution in [-0.2, 0) is 14.6 Å². The molecule has 1 saturated carbocycles. The van der Waals surface area contributed by atoms with Crippen LogP contribution in [0.1, 0.15) is 62.6 Å². The van der Waals surface area contributed by atoms with Gasteiger partial charge in [0.05, 0.1) is 23.2 Å². The summed E-state index contributed by atoms with van der Waals surface area (Å²) >= 11 is 0. The van der Waals surface area contributed by atoms with Crippen molar-refractivity contribution in [2.75, 3.05) is 29.9 Å². The first-order valence-electron chi connectivity index (χ1n) is 9.80. The molecule has 7 nitrogen and oxygen atoms in total. The van der Waals surface area contributed by atoms with Crippen LogP contribution in [-0.4, -0.2) is 48.7 Å². The van der Waals surface area contributed by atoms with Gasteiger partial charge < -0.3 is 10.6 Å².